The van der Waals surface area contributed by atoms with Crippen molar-refractivity contribution in [2.45, 2.75) is 30.1 Å². The second-order valence-corrected chi connectivity index (χ2v) is 9.27. The largest absolute Gasteiger partial charge is 0.443 e. The van der Waals surface area contributed by atoms with Crippen molar-refractivity contribution < 1.29 is 23.6 Å². The number of para-hydroxylation sites is 1. The molecule has 1 atom stereocenters. The molecule has 0 fully saturated rings. The highest BCUT2D eigenvalue weighted by molar-refractivity contribution is 8.01. The summed E-state index contributed by atoms with van der Waals surface area (Å²) in [5.41, 5.74) is 6.40. The molecule has 1 aliphatic rings. The first-order chi connectivity index (χ1) is 16.3. The summed E-state index contributed by atoms with van der Waals surface area (Å²) >= 11 is 13.8. The van der Waals surface area contributed by atoms with Crippen molar-refractivity contribution >= 4 is 58.6 Å². The van der Waals surface area contributed by atoms with Gasteiger partial charge in [0.25, 0.3) is 0 Å². The van der Waals surface area contributed by atoms with Gasteiger partial charge in [-0.25, -0.2) is 10.2 Å². The maximum absolute atomic E-state index is 12.2. The van der Waals surface area contributed by atoms with Gasteiger partial charge in [0, 0.05) is 16.9 Å². The number of anilines is 1. The molecule has 34 heavy (non-hydrogen) atoms. The first-order valence-electron chi connectivity index (χ1n) is 10.0. The lowest BCUT2D eigenvalue weighted by Gasteiger charge is -2.23. The summed E-state index contributed by atoms with van der Waals surface area (Å²) in [6.07, 6.45) is -1.04. The number of carbonyl (C=O) groups excluding carboxylic acids is 3. The average Bonchev–Trinajstić information content (AvgIpc) is 3.16. The minimum absolute atomic E-state index is 0.134. The number of halogens is 2. The Morgan fingerprint density at radius 3 is 2.65 bits per heavy atom. The number of hydrazine groups is 1. The molecule has 176 valence electrons. The number of aryl methyl sites for hydroxylation is 1. The fourth-order valence-electron chi connectivity index (χ4n) is 3.22. The van der Waals surface area contributed by atoms with Crippen molar-refractivity contribution in [1.82, 2.24) is 16.0 Å². The number of benzene rings is 2. The minimum Gasteiger partial charge on any atom is -0.443 e. The first kappa shape index (κ1) is 23.9. The molecule has 9 nitrogen and oxygen atoms in total. The molecule has 12 heteroatoms. The lowest BCUT2D eigenvalue weighted by atomic mass is 10.1. The number of rotatable bonds is 5. The molecule has 0 bridgehead atoms. The third-order valence-electron chi connectivity index (χ3n) is 4.91. The SMILES string of the molecule is Cc1onc(-c2c(Cl)cccc2Cl)c1COC(=O)NNC(=O)CC1Sc2ccccc2NC1=O. The van der Waals surface area contributed by atoms with Crippen LogP contribution in [0.3, 0.4) is 0 Å². The monoisotopic (exact) mass is 520 g/mol. The predicted octanol–water partition coefficient (Wildman–Crippen LogP) is 4.72. The number of nitrogens with zero attached hydrogens (tertiary/aromatic N) is 1. The summed E-state index contributed by atoms with van der Waals surface area (Å²) in [6.45, 7) is 1.45. The van der Waals surface area contributed by atoms with Gasteiger partial charge in [-0.15, -0.1) is 11.8 Å². The van der Waals surface area contributed by atoms with Crippen molar-refractivity contribution in [3.8, 4) is 11.3 Å². The molecule has 3 N–H and O–H groups in total. The van der Waals surface area contributed by atoms with E-state index in [0.29, 0.717) is 38.3 Å². The molecule has 1 aliphatic heterocycles. The number of amides is 3. The van der Waals surface area contributed by atoms with Crippen molar-refractivity contribution in [1.29, 1.82) is 0 Å². The van der Waals surface area contributed by atoms with E-state index in [1.807, 2.05) is 18.2 Å². The van der Waals surface area contributed by atoms with Crippen molar-refractivity contribution in [3.63, 3.8) is 0 Å². The zero-order valence-electron chi connectivity index (χ0n) is 17.7. The van der Waals surface area contributed by atoms with Gasteiger partial charge >= 0.3 is 6.09 Å². The van der Waals surface area contributed by atoms with Gasteiger partial charge in [0.05, 0.1) is 26.5 Å². The van der Waals surface area contributed by atoms with Gasteiger partial charge in [0.15, 0.2) is 0 Å². The molecule has 3 amide bonds. The van der Waals surface area contributed by atoms with Crippen LogP contribution in [0.5, 0.6) is 0 Å². The number of thioether (sulfide) groups is 1. The van der Waals surface area contributed by atoms with Crippen LogP contribution in [0, 0.1) is 6.92 Å². The summed E-state index contributed by atoms with van der Waals surface area (Å²) < 4.78 is 10.4. The highest BCUT2D eigenvalue weighted by Gasteiger charge is 2.29. The third kappa shape index (κ3) is 5.30. The van der Waals surface area contributed by atoms with E-state index in [1.54, 1.807) is 31.2 Å². The van der Waals surface area contributed by atoms with E-state index < -0.39 is 17.3 Å². The summed E-state index contributed by atoms with van der Waals surface area (Å²) in [6, 6.07) is 12.3. The van der Waals surface area contributed by atoms with Gasteiger partial charge in [-0.05, 0) is 31.2 Å². The molecule has 0 spiro atoms. The van der Waals surface area contributed by atoms with E-state index >= 15 is 0 Å². The van der Waals surface area contributed by atoms with Gasteiger partial charge in [-0.2, -0.15) is 0 Å². The molecule has 1 aromatic heterocycles. The summed E-state index contributed by atoms with van der Waals surface area (Å²) in [5.74, 6) is -0.410. The minimum atomic E-state index is -0.906. The third-order valence-corrected chi connectivity index (χ3v) is 6.82. The number of fused-ring (bicyclic) bond motifs is 1. The van der Waals surface area contributed by atoms with Crippen molar-refractivity contribution in [3.05, 3.63) is 63.8 Å². The second kappa shape index (κ2) is 10.4. The lowest BCUT2D eigenvalue weighted by molar-refractivity contribution is -0.124. The molecule has 0 saturated carbocycles. The van der Waals surface area contributed by atoms with Crippen LogP contribution in [-0.2, 0) is 20.9 Å². The van der Waals surface area contributed by atoms with E-state index in [4.69, 9.17) is 32.5 Å². The van der Waals surface area contributed by atoms with Crippen molar-refractivity contribution in [2.75, 3.05) is 5.32 Å². The smallest absolute Gasteiger partial charge is 0.426 e. The molecular formula is C22H18Cl2N4O5S. The summed E-state index contributed by atoms with van der Waals surface area (Å²) in [4.78, 5) is 37.5. The number of hydrogen-bond donors (Lipinski definition) is 3. The Balaban J connectivity index is 1.31. The molecule has 2 heterocycles. The van der Waals surface area contributed by atoms with E-state index in [1.165, 1.54) is 11.8 Å². The number of carbonyl (C=O) groups is 3. The molecule has 0 saturated heterocycles. The Kier molecular flexibility index (Phi) is 7.30. The highest BCUT2D eigenvalue weighted by Crippen LogP contribution is 2.37. The summed E-state index contributed by atoms with van der Waals surface area (Å²) in [7, 11) is 0. The Morgan fingerprint density at radius 2 is 1.88 bits per heavy atom. The molecule has 1 unspecified atom stereocenters. The van der Waals surface area contributed by atoms with E-state index in [9.17, 15) is 14.4 Å². The van der Waals surface area contributed by atoms with Crippen molar-refractivity contribution in [2.24, 2.45) is 0 Å². The molecule has 0 radical (unpaired) electrons. The van der Waals surface area contributed by atoms with Gasteiger partial charge in [-0.1, -0.05) is 46.6 Å². The number of ether oxygens (including phenoxy) is 1. The van der Waals surface area contributed by atoms with Crippen LogP contribution in [0.1, 0.15) is 17.7 Å². The fourth-order valence-corrected chi connectivity index (χ4v) is 4.91. The second-order valence-electron chi connectivity index (χ2n) is 7.21. The zero-order chi connectivity index (χ0) is 24.2. The van der Waals surface area contributed by atoms with Crippen LogP contribution in [0.15, 0.2) is 51.9 Å². The predicted molar refractivity (Wildman–Crippen MR) is 127 cm³/mol. The summed E-state index contributed by atoms with van der Waals surface area (Å²) in [5, 5.41) is 6.85. The van der Waals surface area contributed by atoms with Gasteiger partial charge in [0.1, 0.15) is 18.1 Å². The van der Waals surface area contributed by atoms with E-state index in [-0.39, 0.29) is 18.9 Å². The van der Waals surface area contributed by atoms with Crippen LogP contribution in [0.4, 0.5) is 10.5 Å². The van der Waals surface area contributed by atoms with Crippen LogP contribution >= 0.6 is 35.0 Å². The number of nitrogens with one attached hydrogen (secondary N) is 3. The molecular weight excluding hydrogens is 503 g/mol. The quantitative estimate of drug-likeness (QED) is 0.416. The zero-order valence-corrected chi connectivity index (χ0v) is 20.0. The van der Waals surface area contributed by atoms with Crippen LogP contribution < -0.4 is 16.2 Å². The topological polar surface area (TPSA) is 123 Å². The Hall–Kier alpha value is -3.21. The maximum atomic E-state index is 12.2. The van der Waals surface area contributed by atoms with Crippen LogP contribution in [0.2, 0.25) is 10.0 Å². The van der Waals surface area contributed by atoms with Crippen LogP contribution in [0.25, 0.3) is 11.3 Å². The van der Waals surface area contributed by atoms with E-state index in [0.717, 1.165) is 4.90 Å². The molecule has 3 aromatic rings. The lowest BCUT2D eigenvalue weighted by Crippen LogP contribution is -2.44. The molecule has 4 rings (SSSR count). The normalized spacial score (nSPS) is 14.7. The van der Waals surface area contributed by atoms with Gasteiger partial charge < -0.3 is 14.6 Å². The van der Waals surface area contributed by atoms with Crippen LogP contribution in [-0.4, -0.2) is 28.3 Å². The van der Waals surface area contributed by atoms with E-state index in [2.05, 4.69) is 21.3 Å². The Morgan fingerprint density at radius 1 is 1.15 bits per heavy atom. The van der Waals surface area contributed by atoms with Gasteiger partial charge in [0.2, 0.25) is 11.8 Å². The first-order valence-corrected chi connectivity index (χ1v) is 11.6. The Labute approximate surface area is 208 Å². The Bertz CT molecular complexity index is 1250. The number of aromatic nitrogens is 1. The number of hydrogen-bond acceptors (Lipinski definition) is 7. The van der Waals surface area contributed by atoms with Gasteiger partial charge in [-0.3, -0.25) is 15.0 Å². The molecule has 2 aromatic carbocycles. The maximum Gasteiger partial charge on any atom is 0.426 e. The average molecular weight is 521 g/mol. The fraction of sp³-hybridized carbons (Fsp3) is 0.182. The highest BCUT2D eigenvalue weighted by atomic mass is 35.5. The standard InChI is InChI=1S/C22H18Cl2N4O5S/c1-11-12(20(28-33-11)19-13(23)5-4-6-14(19)24)10-32-22(31)27-26-18(29)9-17-21(30)25-15-7-2-3-8-16(15)34-17/h2-8,17H,9-10H2,1H3,(H,25,30)(H,26,29)(H,27,31). The molecule has 0 aliphatic carbocycles.